The number of sulfone groups is 1. The Morgan fingerprint density at radius 2 is 1.86 bits per heavy atom. The number of aromatic nitrogens is 4. The highest BCUT2D eigenvalue weighted by molar-refractivity contribution is 7.91. The summed E-state index contributed by atoms with van der Waals surface area (Å²) in [7, 11) is -3.90. The Hall–Kier alpha value is -3.56. The van der Waals surface area contributed by atoms with E-state index in [1.807, 2.05) is 36.6 Å². The minimum atomic E-state index is -3.90. The van der Waals surface area contributed by atoms with Crippen LogP contribution in [0, 0.1) is 13.8 Å². The molecule has 9 heteroatoms. The average molecular weight is 502 g/mol. The monoisotopic (exact) mass is 501 g/mol. The molecule has 0 N–H and O–H groups in total. The van der Waals surface area contributed by atoms with Crippen LogP contribution in [0.25, 0.3) is 21.4 Å². The van der Waals surface area contributed by atoms with E-state index in [9.17, 15) is 8.42 Å². The molecule has 3 aromatic heterocycles. The molecule has 0 spiro atoms. The molecule has 0 aliphatic carbocycles. The van der Waals surface area contributed by atoms with Crippen LogP contribution >= 0.6 is 11.3 Å². The molecule has 6 rings (SSSR count). The van der Waals surface area contributed by atoms with Crippen molar-refractivity contribution < 1.29 is 8.42 Å². The lowest BCUT2D eigenvalue weighted by molar-refractivity contribution is 0.592. The van der Waals surface area contributed by atoms with Gasteiger partial charge in [-0.25, -0.2) is 13.4 Å². The van der Waals surface area contributed by atoms with Gasteiger partial charge in [0.05, 0.1) is 15.1 Å². The third kappa shape index (κ3) is 3.62. The Bertz CT molecular complexity index is 1720. The van der Waals surface area contributed by atoms with Crippen molar-refractivity contribution in [3.05, 3.63) is 82.7 Å². The van der Waals surface area contributed by atoms with Gasteiger partial charge in [0.25, 0.3) is 0 Å². The molecule has 7 nitrogen and oxygen atoms in total. The Labute approximate surface area is 207 Å². The summed E-state index contributed by atoms with van der Waals surface area (Å²) in [4.78, 5) is 7.31. The predicted octanol–water partition coefficient (Wildman–Crippen LogP) is 5.08. The molecule has 0 bridgehead atoms. The van der Waals surface area contributed by atoms with Crippen LogP contribution < -0.4 is 4.90 Å². The number of anilines is 1. The molecule has 0 radical (unpaired) electrons. The van der Waals surface area contributed by atoms with Crippen LogP contribution in [0.15, 0.2) is 76.0 Å². The average Bonchev–Trinajstić information content (AvgIpc) is 3.53. The van der Waals surface area contributed by atoms with Gasteiger partial charge in [-0.1, -0.05) is 53.8 Å². The second-order valence-corrected chi connectivity index (χ2v) is 11.5. The van der Waals surface area contributed by atoms with Crippen molar-refractivity contribution in [1.29, 1.82) is 0 Å². The van der Waals surface area contributed by atoms with E-state index in [1.54, 1.807) is 28.8 Å². The van der Waals surface area contributed by atoms with Crippen molar-refractivity contribution in [3.8, 4) is 0 Å². The van der Waals surface area contributed by atoms with E-state index >= 15 is 0 Å². The number of hydrogen-bond acceptors (Lipinski definition) is 7. The molecule has 0 unspecified atom stereocenters. The molecule has 1 aliphatic heterocycles. The number of aryl methyl sites for hydroxylation is 2. The predicted molar refractivity (Wildman–Crippen MR) is 139 cm³/mol. The van der Waals surface area contributed by atoms with Gasteiger partial charge in [0, 0.05) is 13.1 Å². The van der Waals surface area contributed by atoms with Crippen LogP contribution in [-0.4, -0.2) is 41.3 Å². The summed E-state index contributed by atoms with van der Waals surface area (Å²) in [6.45, 7) is 5.15. The van der Waals surface area contributed by atoms with Gasteiger partial charge < -0.3 is 4.90 Å². The van der Waals surface area contributed by atoms with Crippen LogP contribution in [0.4, 0.5) is 5.82 Å². The number of benzene rings is 2. The second-order valence-electron chi connectivity index (χ2n) is 8.76. The van der Waals surface area contributed by atoms with Gasteiger partial charge in [-0.05, 0) is 60.0 Å². The SMILES string of the molecule is Cc1ccc(C)c(S(=O)(=O)c2nnn3c2nc(N2CC=C(c4ccccc4)CC2)c2sccc23)c1. The summed E-state index contributed by atoms with van der Waals surface area (Å²) in [5, 5.41) is 10.2. The van der Waals surface area contributed by atoms with Gasteiger partial charge >= 0.3 is 0 Å². The summed E-state index contributed by atoms with van der Waals surface area (Å²) in [6.07, 6.45) is 3.11. The van der Waals surface area contributed by atoms with Gasteiger partial charge in [0.15, 0.2) is 11.5 Å². The second kappa shape index (κ2) is 8.28. The highest BCUT2D eigenvalue weighted by Crippen LogP contribution is 2.35. The smallest absolute Gasteiger partial charge is 0.229 e. The minimum absolute atomic E-state index is 0.113. The van der Waals surface area contributed by atoms with Crippen LogP contribution in [0.2, 0.25) is 0 Å². The topological polar surface area (TPSA) is 80.5 Å². The molecule has 0 amide bonds. The summed E-state index contributed by atoms with van der Waals surface area (Å²) >= 11 is 1.57. The van der Waals surface area contributed by atoms with Crippen LogP contribution in [0.1, 0.15) is 23.1 Å². The molecule has 0 saturated heterocycles. The highest BCUT2D eigenvalue weighted by Gasteiger charge is 2.29. The van der Waals surface area contributed by atoms with Gasteiger partial charge in [0.2, 0.25) is 14.9 Å². The van der Waals surface area contributed by atoms with E-state index in [0.29, 0.717) is 12.1 Å². The Kier molecular flexibility index (Phi) is 5.19. The van der Waals surface area contributed by atoms with Crippen molar-refractivity contribution in [2.24, 2.45) is 0 Å². The Balaban J connectivity index is 1.47. The summed E-state index contributed by atoms with van der Waals surface area (Å²) in [5.74, 6) is 0.769. The van der Waals surface area contributed by atoms with Gasteiger partial charge in [-0.3, -0.25) is 0 Å². The lowest BCUT2D eigenvalue weighted by atomic mass is 10.00. The zero-order chi connectivity index (χ0) is 24.2. The van der Waals surface area contributed by atoms with Gasteiger partial charge in [-0.2, -0.15) is 4.52 Å². The standard InChI is InChI=1S/C26H23N5O2S2/c1-17-8-9-18(2)22(16-17)35(32,33)26-25-27-24(23-21(12-15-34-23)31(25)29-28-26)30-13-10-20(11-14-30)19-6-4-3-5-7-19/h3-10,12,15-16H,11,13-14H2,1-2H3. The fourth-order valence-corrected chi connectivity index (χ4v) is 7.02. The van der Waals surface area contributed by atoms with Crippen LogP contribution in [0.3, 0.4) is 0 Å². The molecular formula is C26H23N5O2S2. The summed E-state index contributed by atoms with van der Waals surface area (Å²) in [5.41, 5.74) is 5.15. The maximum Gasteiger partial charge on any atom is 0.229 e. The van der Waals surface area contributed by atoms with E-state index in [0.717, 1.165) is 34.6 Å². The normalized spacial score (nSPS) is 14.6. The number of hydrogen-bond donors (Lipinski definition) is 0. The molecule has 35 heavy (non-hydrogen) atoms. The third-order valence-corrected chi connectivity index (χ3v) is 9.14. The van der Waals surface area contributed by atoms with Crippen molar-refractivity contribution in [1.82, 2.24) is 19.8 Å². The molecule has 2 aromatic carbocycles. The Morgan fingerprint density at radius 3 is 2.63 bits per heavy atom. The molecule has 0 saturated carbocycles. The van der Waals surface area contributed by atoms with Crippen LogP contribution in [0.5, 0.6) is 0 Å². The molecule has 1 aliphatic rings. The maximum absolute atomic E-state index is 13.7. The van der Waals surface area contributed by atoms with Crippen molar-refractivity contribution in [2.75, 3.05) is 18.0 Å². The largest absolute Gasteiger partial charge is 0.351 e. The molecular weight excluding hydrogens is 478 g/mol. The third-order valence-electron chi connectivity index (χ3n) is 6.45. The first-order valence-corrected chi connectivity index (χ1v) is 13.7. The van der Waals surface area contributed by atoms with E-state index < -0.39 is 9.84 Å². The number of rotatable bonds is 4. The first kappa shape index (κ1) is 21.9. The van der Waals surface area contributed by atoms with Crippen molar-refractivity contribution >= 4 is 48.4 Å². The molecule has 0 atom stereocenters. The van der Waals surface area contributed by atoms with E-state index in [-0.39, 0.29) is 15.6 Å². The lowest BCUT2D eigenvalue weighted by Gasteiger charge is -2.28. The number of fused-ring (bicyclic) bond motifs is 3. The summed E-state index contributed by atoms with van der Waals surface area (Å²) in [6, 6.07) is 17.7. The zero-order valence-electron chi connectivity index (χ0n) is 19.3. The first-order valence-electron chi connectivity index (χ1n) is 11.4. The molecule has 5 aromatic rings. The lowest BCUT2D eigenvalue weighted by Crippen LogP contribution is -2.29. The van der Waals surface area contributed by atoms with Gasteiger partial charge in [-0.15, -0.1) is 16.4 Å². The van der Waals surface area contributed by atoms with Gasteiger partial charge in [0.1, 0.15) is 0 Å². The Morgan fingerprint density at radius 1 is 1.03 bits per heavy atom. The zero-order valence-corrected chi connectivity index (χ0v) is 21.0. The quantitative estimate of drug-likeness (QED) is 0.342. The number of nitrogens with zero attached hydrogens (tertiary/aromatic N) is 5. The van der Waals surface area contributed by atoms with E-state index in [4.69, 9.17) is 4.98 Å². The van der Waals surface area contributed by atoms with E-state index in [1.165, 1.54) is 11.1 Å². The maximum atomic E-state index is 13.7. The number of thiophene rings is 1. The minimum Gasteiger partial charge on any atom is -0.351 e. The molecule has 176 valence electrons. The highest BCUT2D eigenvalue weighted by atomic mass is 32.2. The molecule has 4 heterocycles. The first-order chi connectivity index (χ1) is 16.9. The molecule has 0 fully saturated rings. The summed E-state index contributed by atoms with van der Waals surface area (Å²) < 4.78 is 29.8. The fourth-order valence-electron chi connectivity index (χ4n) is 4.57. The van der Waals surface area contributed by atoms with Crippen molar-refractivity contribution in [3.63, 3.8) is 0 Å². The fraction of sp³-hybridized carbons (Fsp3) is 0.192. The van der Waals surface area contributed by atoms with Crippen molar-refractivity contribution in [2.45, 2.75) is 30.2 Å². The van der Waals surface area contributed by atoms with Crippen LogP contribution in [-0.2, 0) is 9.84 Å². The van der Waals surface area contributed by atoms with E-state index in [2.05, 4.69) is 45.6 Å².